The molecule has 2 unspecified atom stereocenters. The summed E-state index contributed by atoms with van der Waals surface area (Å²) in [5, 5.41) is 0. The first-order chi connectivity index (χ1) is 6.70. The predicted octanol–water partition coefficient (Wildman–Crippen LogP) is 2.66. The highest BCUT2D eigenvalue weighted by Gasteiger charge is 2.25. The summed E-state index contributed by atoms with van der Waals surface area (Å²) >= 11 is 3.49. The first kappa shape index (κ1) is 9.99. The van der Waals surface area contributed by atoms with Crippen molar-refractivity contribution in [2.45, 2.75) is 25.3 Å². The van der Waals surface area contributed by atoms with Gasteiger partial charge in [-0.1, -0.05) is 12.1 Å². The van der Waals surface area contributed by atoms with Crippen molar-refractivity contribution in [3.63, 3.8) is 0 Å². The zero-order valence-corrected chi connectivity index (χ0v) is 9.75. The van der Waals surface area contributed by atoms with Crippen molar-refractivity contribution in [3.05, 3.63) is 28.2 Å². The molecule has 0 aromatic heterocycles. The Bertz CT molecular complexity index is 338. The lowest BCUT2D eigenvalue weighted by Gasteiger charge is -2.29. The van der Waals surface area contributed by atoms with E-state index in [1.807, 2.05) is 12.1 Å². The highest BCUT2D eigenvalue weighted by molar-refractivity contribution is 9.10. The Morgan fingerprint density at radius 1 is 1.57 bits per heavy atom. The number of nitrogens with two attached hydrogens (primary N) is 1. The summed E-state index contributed by atoms with van der Waals surface area (Å²) in [6, 6.07) is 6.33. The first-order valence-corrected chi connectivity index (χ1v) is 5.66. The molecule has 3 heteroatoms. The van der Waals surface area contributed by atoms with Gasteiger partial charge in [-0.2, -0.15) is 0 Å². The fourth-order valence-corrected chi connectivity index (χ4v) is 2.46. The molecule has 0 amide bonds. The summed E-state index contributed by atoms with van der Waals surface area (Å²) in [4.78, 5) is 0. The lowest BCUT2D eigenvalue weighted by atomic mass is 9.88. The van der Waals surface area contributed by atoms with E-state index in [2.05, 4.69) is 28.9 Å². The van der Waals surface area contributed by atoms with Gasteiger partial charge < -0.3 is 10.5 Å². The third-order valence-corrected chi connectivity index (χ3v) is 3.33. The summed E-state index contributed by atoms with van der Waals surface area (Å²) in [5.74, 6) is 1.40. The third-order valence-electron chi connectivity index (χ3n) is 2.71. The molecule has 2 atom stereocenters. The van der Waals surface area contributed by atoms with E-state index in [4.69, 9.17) is 10.5 Å². The number of fused-ring (bicyclic) bond motifs is 1. The summed E-state index contributed by atoms with van der Waals surface area (Å²) in [7, 11) is 0. The summed E-state index contributed by atoms with van der Waals surface area (Å²) in [5.41, 5.74) is 7.20. The molecule has 2 nitrogen and oxygen atoms in total. The van der Waals surface area contributed by atoms with Crippen molar-refractivity contribution in [3.8, 4) is 5.75 Å². The minimum Gasteiger partial charge on any atom is -0.492 e. The molecular formula is C11H14BrNO. The van der Waals surface area contributed by atoms with Gasteiger partial charge in [0.05, 0.1) is 11.1 Å². The lowest BCUT2D eigenvalue weighted by molar-refractivity contribution is 0.256. The van der Waals surface area contributed by atoms with Crippen molar-refractivity contribution in [1.29, 1.82) is 0 Å². The molecule has 1 aromatic carbocycles. The van der Waals surface area contributed by atoms with Crippen LogP contribution >= 0.6 is 15.9 Å². The molecule has 0 radical (unpaired) electrons. The van der Waals surface area contributed by atoms with Crippen molar-refractivity contribution in [2.24, 2.45) is 5.73 Å². The van der Waals surface area contributed by atoms with E-state index >= 15 is 0 Å². The van der Waals surface area contributed by atoms with Gasteiger partial charge in [-0.25, -0.2) is 0 Å². The van der Waals surface area contributed by atoms with Gasteiger partial charge in [0.25, 0.3) is 0 Å². The molecule has 0 bridgehead atoms. The van der Waals surface area contributed by atoms with Crippen LogP contribution < -0.4 is 10.5 Å². The average molecular weight is 256 g/mol. The number of para-hydroxylation sites is 1. The molecule has 76 valence electrons. The second-order valence-electron chi connectivity index (χ2n) is 3.76. The molecule has 0 saturated heterocycles. The molecule has 1 aliphatic rings. The van der Waals surface area contributed by atoms with Gasteiger partial charge >= 0.3 is 0 Å². The maximum atomic E-state index is 5.96. The van der Waals surface area contributed by atoms with Gasteiger partial charge in [0.1, 0.15) is 5.75 Å². The van der Waals surface area contributed by atoms with Gasteiger partial charge in [-0.15, -0.1) is 0 Å². The van der Waals surface area contributed by atoms with E-state index in [0.717, 1.165) is 23.2 Å². The smallest absolute Gasteiger partial charge is 0.136 e. The number of ether oxygens (including phenoxy) is 1. The molecule has 0 fully saturated rings. The standard InChI is InChI=1S/C11H14BrNO/c1-7(13)8-5-6-14-11-9(8)3-2-4-10(11)12/h2-4,7-8H,5-6,13H2,1H3. The number of benzene rings is 1. The Labute approximate surface area is 92.6 Å². The van der Waals surface area contributed by atoms with Crippen LogP contribution in [0.25, 0.3) is 0 Å². The average Bonchev–Trinajstić information content (AvgIpc) is 2.17. The van der Waals surface area contributed by atoms with Crippen LogP contribution in [-0.4, -0.2) is 12.6 Å². The molecule has 1 aliphatic heterocycles. The van der Waals surface area contributed by atoms with Crippen LogP contribution in [0.15, 0.2) is 22.7 Å². The van der Waals surface area contributed by atoms with Crippen LogP contribution in [0, 0.1) is 0 Å². The van der Waals surface area contributed by atoms with E-state index in [0.29, 0.717) is 5.92 Å². The van der Waals surface area contributed by atoms with E-state index < -0.39 is 0 Å². The zero-order chi connectivity index (χ0) is 10.1. The molecular weight excluding hydrogens is 242 g/mol. The first-order valence-electron chi connectivity index (χ1n) is 4.87. The molecule has 1 aromatic rings. The largest absolute Gasteiger partial charge is 0.492 e. The second-order valence-corrected chi connectivity index (χ2v) is 4.62. The van der Waals surface area contributed by atoms with E-state index in [-0.39, 0.29) is 6.04 Å². The Balaban J connectivity index is 2.44. The minimum atomic E-state index is 0.187. The second kappa shape index (κ2) is 3.91. The third kappa shape index (κ3) is 1.66. The Morgan fingerprint density at radius 2 is 2.36 bits per heavy atom. The maximum absolute atomic E-state index is 5.96. The van der Waals surface area contributed by atoms with Crippen LogP contribution in [0.5, 0.6) is 5.75 Å². The van der Waals surface area contributed by atoms with Crippen molar-refractivity contribution in [1.82, 2.24) is 0 Å². The van der Waals surface area contributed by atoms with Crippen molar-refractivity contribution in [2.75, 3.05) is 6.61 Å². The Kier molecular flexibility index (Phi) is 2.79. The molecule has 2 N–H and O–H groups in total. The molecule has 0 spiro atoms. The van der Waals surface area contributed by atoms with Crippen LogP contribution in [0.2, 0.25) is 0 Å². The summed E-state index contributed by atoms with van der Waals surface area (Å²) in [6.45, 7) is 2.82. The molecule has 0 aliphatic carbocycles. The van der Waals surface area contributed by atoms with Crippen LogP contribution in [0.1, 0.15) is 24.8 Å². The fourth-order valence-electron chi connectivity index (χ4n) is 1.96. The van der Waals surface area contributed by atoms with Crippen LogP contribution in [-0.2, 0) is 0 Å². The highest BCUT2D eigenvalue weighted by Crippen LogP contribution is 2.39. The minimum absolute atomic E-state index is 0.187. The van der Waals surface area contributed by atoms with E-state index in [1.165, 1.54) is 5.56 Å². The Hall–Kier alpha value is -0.540. The monoisotopic (exact) mass is 255 g/mol. The quantitative estimate of drug-likeness (QED) is 0.838. The summed E-state index contributed by atoms with van der Waals surface area (Å²) in [6.07, 6.45) is 1.02. The Morgan fingerprint density at radius 3 is 3.07 bits per heavy atom. The van der Waals surface area contributed by atoms with Gasteiger partial charge in [-0.3, -0.25) is 0 Å². The zero-order valence-electron chi connectivity index (χ0n) is 8.16. The number of rotatable bonds is 1. The highest BCUT2D eigenvalue weighted by atomic mass is 79.9. The fraction of sp³-hybridized carbons (Fsp3) is 0.455. The number of hydrogen-bond acceptors (Lipinski definition) is 2. The van der Waals surface area contributed by atoms with Crippen molar-refractivity contribution < 1.29 is 4.74 Å². The summed E-state index contributed by atoms with van der Waals surface area (Å²) < 4.78 is 6.66. The van der Waals surface area contributed by atoms with E-state index in [9.17, 15) is 0 Å². The van der Waals surface area contributed by atoms with E-state index in [1.54, 1.807) is 0 Å². The van der Waals surface area contributed by atoms with Crippen molar-refractivity contribution >= 4 is 15.9 Å². The number of halogens is 1. The van der Waals surface area contributed by atoms with Gasteiger partial charge in [0, 0.05) is 17.5 Å². The molecule has 14 heavy (non-hydrogen) atoms. The van der Waals surface area contributed by atoms with Crippen LogP contribution in [0.3, 0.4) is 0 Å². The van der Waals surface area contributed by atoms with Gasteiger partial charge in [0.15, 0.2) is 0 Å². The van der Waals surface area contributed by atoms with Crippen LogP contribution in [0.4, 0.5) is 0 Å². The van der Waals surface area contributed by atoms with Gasteiger partial charge in [-0.05, 0) is 35.3 Å². The predicted molar refractivity (Wildman–Crippen MR) is 60.6 cm³/mol. The lowest BCUT2D eigenvalue weighted by Crippen LogP contribution is -2.29. The topological polar surface area (TPSA) is 35.2 Å². The SMILES string of the molecule is CC(N)C1CCOc2c(Br)cccc21. The normalized spacial score (nSPS) is 22.4. The maximum Gasteiger partial charge on any atom is 0.136 e. The number of hydrogen-bond donors (Lipinski definition) is 1. The molecule has 1 heterocycles. The molecule has 2 rings (SSSR count). The molecule has 0 saturated carbocycles. The van der Waals surface area contributed by atoms with Gasteiger partial charge in [0.2, 0.25) is 0 Å².